The molecule has 2 unspecified atom stereocenters. The Hall–Kier alpha value is -0.540. The Morgan fingerprint density at radius 3 is 3.00 bits per heavy atom. The Kier molecular flexibility index (Phi) is 4.86. The molecule has 1 aromatic rings. The van der Waals surface area contributed by atoms with Crippen LogP contribution in [0.4, 0.5) is 0 Å². The van der Waals surface area contributed by atoms with E-state index in [1.807, 2.05) is 17.5 Å². The first-order valence-corrected chi connectivity index (χ1v) is 7.58. The van der Waals surface area contributed by atoms with Gasteiger partial charge in [0.1, 0.15) is 0 Å². The second-order valence-electron chi connectivity index (χ2n) is 4.63. The molecule has 2 rings (SSSR count). The lowest BCUT2D eigenvalue weighted by molar-refractivity contribution is -0.121. The topological polar surface area (TPSA) is 29.1 Å². The van der Waals surface area contributed by atoms with Gasteiger partial charge in [-0.25, -0.2) is 0 Å². The fourth-order valence-corrected chi connectivity index (χ4v) is 3.48. The molecule has 1 fully saturated rings. The maximum absolute atomic E-state index is 11.9. The van der Waals surface area contributed by atoms with Gasteiger partial charge in [-0.2, -0.15) is 0 Å². The van der Waals surface area contributed by atoms with Crippen LogP contribution in [-0.4, -0.2) is 17.8 Å². The SMILES string of the molecule is O=C(Cc1cccs1)NC1CCCCC1CCl. The number of carbonyl (C=O) groups excluding carboxylic acids is 1. The van der Waals surface area contributed by atoms with Gasteiger partial charge in [-0.3, -0.25) is 4.79 Å². The molecular formula is C13H18ClNOS. The Morgan fingerprint density at radius 2 is 2.29 bits per heavy atom. The number of alkyl halides is 1. The number of hydrogen-bond acceptors (Lipinski definition) is 2. The molecule has 0 radical (unpaired) electrons. The van der Waals surface area contributed by atoms with Crippen LogP contribution in [-0.2, 0) is 11.2 Å². The molecule has 4 heteroatoms. The normalized spacial score (nSPS) is 24.5. The molecule has 1 heterocycles. The number of rotatable bonds is 4. The highest BCUT2D eigenvalue weighted by Crippen LogP contribution is 2.25. The summed E-state index contributed by atoms with van der Waals surface area (Å²) in [6.45, 7) is 0. The molecule has 1 aromatic heterocycles. The number of amides is 1. The summed E-state index contributed by atoms with van der Waals surface area (Å²) < 4.78 is 0. The minimum absolute atomic E-state index is 0.134. The zero-order chi connectivity index (χ0) is 12.1. The first-order chi connectivity index (χ1) is 8.29. The third kappa shape index (κ3) is 3.71. The number of halogens is 1. The van der Waals surface area contributed by atoms with E-state index in [1.165, 1.54) is 12.8 Å². The lowest BCUT2D eigenvalue weighted by Crippen LogP contribution is -2.43. The van der Waals surface area contributed by atoms with E-state index in [0.717, 1.165) is 17.7 Å². The van der Waals surface area contributed by atoms with Gasteiger partial charge in [0, 0.05) is 16.8 Å². The van der Waals surface area contributed by atoms with Gasteiger partial charge in [-0.1, -0.05) is 18.9 Å². The van der Waals surface area contributed by atoms with E-state index in [9.17, 15) is 4.79 Å². The zero-order valence-electron chi connectivity index (χ0n) is 9.82. The van der Waals surface area contributed by atoms with Crippen molar-refractivity contribution >= 4 is 28.8 Å². The van der Waals surface area contributed by atoms with E-state index in [1.54, 1.807) is 11.3 Å². The third-order valence-electron chi connectivity index (χ3n) is 3.37. The molecule has 0 aliphatic heterocycles. The van der Waals surface area contributed by atoms with Crippen molar-refractivity contribution in [1.82, 2.24) is 5.32 Å². The zero-order valence-corrected chi connectivity index (χ0v) is 11.4. The summed E-state index contributed by atoms with van der Waals surface area (Å²) in [5.74, 6) is 1.25. The molecule has 94 valence electrons. The minimum atomic E-state index is 0.134. The minimum Gasteiger partial charge on any atom is -0.353 e. The second kappa shape index (κ2) is 6.41. The highest BCUT2D eigenvalue weighted by atomic mass is 35.5. The van der Waals surface area contributed by atoms with Gasteiger partial charge in [0.15, 0.2) is 0 Å². The van der Waals surface area contributed by atoms with E-state index in [4.69, 9.17) is 11.6 Å². The quantitative estimate of drug-likeness (QED) is 0.837. The molecule has 17 heavy (non-hydrogen) atoms. The van der Waals surface area contributed by atoms with E-state index in [-0.39, 0.29) is 11.9 Å². The van der Waals surface area contributed by atoms with Gasteiger partial charge in [0.2, 0.25) is 5.91 Å². The van der Waals surface area contributed by atoms with Gasteiger partial charge in [-0.15, -0.1) is 22.9 Å². The maximum atomic E-state index is 11.9. The van der Waals surface area contributed by atoms with E-state index >= 15 is 0 Å². The van der Waals surface area contributed by atoms with Gasteiger partial charge in [-0.05, 0) is 30.2 Å². The first-order valence-electron chi connectivity index (χ1n) is 6.17. The largest absolute Gasteiger partial charge is 0.353 e. The van der Waals surface area contributed by atoms with Crippen molar-refractivity contribution in [3.05, 3.63) is 22.4 Å². The summed E-state index contributed by atoms with van der Waals surface area (Å²) >= 11 is 7.58. The van der Waals surface area contributed by atoms with Crippen molar-refractivity contribution in [2.45, 2.75) is 38.1 Å². The van der Waals surface area contributed by atoms with E-state index in [2.05, 4.69) is 5.32 Å². The average Bonchev–Trinajstić information content (AvgIpc) is 2.82. The van der Waals surface area contributed by atoms with Crippen LogP contribution in [0.2, 0.25) is 0 Å². The lowest BCUT2D eigenvalue weighted by atomic mass is 9.85. The number of thiophene rings is 1. The van der Waals surface area contributed by atoms with Gasteiger partial charge in [0.05, 0.1) is 6.42 Å². The molecular weight excluding hydrogens is 254 g/mol. The van der Waals surface area contributed by atoms with Crippen LogP contribution in [0.1, 0.15) is 30.6 Å². The Balaban J connectivity index is 1.84. The summed E-state index contributed by atoms with van der Waals surface area (Å²) in [5, 5.41) is 5.15. The summed E-state index contributed by atoms with van der Waals surface area (Å²) in [6.07, 6.45) is 5.18. The highest BCUT2D eigenvalue weighted by molar-refractivity contribution is 7.10. The number of nitrogens with one attached hydrogen (secondary N) is 1. The fraction of sp³-hybridized carbons (Fsp3) is 0.615. The Labute approximate surface area is 111 Å². The third-order valence-corrected chi connectivity index (χ3v) is 4.64. The molecule has 2 atom stereocenters. The summed E-state index contributed by atoms with van der Waals surface area (Å²) in [7, 11) is 0. The van der Waals surface area contributed by atoms with Crippen LogP contribution in [0.15, 0.2) is 17.5 Å². The van der Waals surface area contributed by atoms with Crippen molar-refractivity contribution in [1.29, 1.82) is 0 Å². The molecule has 1 N–H and O–H groups in total. The molecule has 0 aromatic carbocycles. The van der Waals surface area contributed by atoms with Crippen LogP contribution in [0.5, 0.6) is 0 Å². The summed E-state index contributed by atoms with van der Waals surface area (Å²) in [6, 6.07) is 4.27. The molecule has 2 nitrogen and oxygen atoms in total. The average molecular weight is 272 g/mol. The molecule has 1 aliphatic rings. The molecule has 0 spiro atoms. The lowest BCUT2D eigenvalue weighted by Gasteiger charge is -2.30. The van der Waals surface area contributed by atoms with Crippen molar-refractivity contribution in [3.8, 4) is 0 Å². The smallest absolute Gasteiger partial charge is 0.225 e. The first kappa shape index (κ1) is 12.9. The van der Waals surface area contributed by atoms with Crippen molar-refractivity contribution in [2.24, 2.45) is 5.92 Å². The molecule has 0 saturated heterocycles. The highest BCUT2D eigenvalue weighted by Gasteiger charge is 2.25. The second-order valence-corrected chi connectivity index (χ2v) is 5.97. The predicted octanol–water partition coefficient (Wildman–Crippen LogP) is 3.20. The van der Waals surface area contributed by atoms with Gasteiger partial charge >= 0.3 is 0 Å². The van der Waals surface area contributed by atoms with Crippen LogP contribution in [0.25, 0.3) is 0 Å². The van der Waals surface area contributed by atoms with Crippen molar-refractivity contribution < 1.29 is 4.79 Å². The van der Waals surface area contributed by atoms with Gasteiger partial charge < -0.3 is 5.32 Å². The van der Waals surface area contributed by atoms with Gasteiger partial charge in [0.25, 0.3) is 0 Å². The van der Waals surface area contributed by atoms with Crippen LogP contribution in [0, 0.1) is 5.92 Å². The van der Waals surface area contributed by atoms with Crippen LogP contribution in [0.3, 0.4) is 0 Å². The van der Waals surface area contributed by atoms with Crippen molar-refractivity contribution in [3.63, 3.8) is 0 Å². The van der Waals surface area contributed by atoms with Crippen molar-refractivity contribution in [2.75, 3.05) is 5.88 Å². The molecule has 1 amide bonds. The van der Waals surface area contributed by atoms with E-state index < -0.39 is 0 Å². The predicted molar refractivity (Wildman–Crippen MR) is 72.6 cm³/mol. The number of hydrogen-bond donors (Lipinski definition) is 1. The van der Waals surface area contributed by atoms with Crippen LogP contribution < -0.4 is 5.32 Å². The molecule has 1 aliphatic carbocycles. The van der Waals surface area contributed by atoms with E-state index in [0.29, 0.717) is 18.2 Å². The van der Waals surface area contributed by atoms with Crippen LogP contribution >= 0.6 is 22.9 Å². The monoisotopic (exact) mass is 271 g/mol. The summed E-state index contributed by atoms with van der Waals surface area (Å²) in [4.78, 5) is 13.0. The number of carbonyl (C=O) groups is 1. The molecule has 1 saturated carbocycles. The summed E-state index contributed by atoms with van der Waals surface area (Å²) in [5.41, 5.74) is 0. The maximum Gasteiger partial charge on any atom is 0.225 e. The Morgan fingerprint density at radius 1 is 1.47 bits per heavy atom. The molecule has 0 bridgehead atoms. The fourth-order valence-electron chi connectivity index (χ4n) is 2.41. The standard InChI is InChI=1S/C13H18ClNOS/c14-9-10-4-1-2-6-12(10)15-13(16)8-11-5-3-7-17-11/h3,5,7,10,12H,1-2,4,6,8-9H2,(H,15,16). The Bertz CT molecular complexity index is 352.